The van der Waals surface area contributed by atoms with Crippen molar-refractivity contribution < 1.29 is 9.47 Å². The normalized spacial score (nSPS) is 12.4. The molecular weight excluding hydrogens is 208 g/mol. The van der Waals surface area contributed by atoms with Crippen molar-refractivity contribution >= 4 is 5.95 Å². The summed E-state index contributed by atoms with van der Waals surface area (Å²) in [5.41, 5.74) is 6.29. The molecule has 0 bridgehead atoms. The summed E-state index contributed by atoms with van der Waals surface area (Å²) in [4.78, 5) is 8.29. The third-order valence-corrected chi connectivity index (χ3v) is 2.10. The second-order valence-corrected chi connectivity index (χ2v) is 3.27. The lowest BCUT2D eigenvalue weighted by atomic mass is 10.3. The van der Waals surface area contributed by atoms with Crippen LogP contribution in [-0.4, -0.2) is 43.4 Å². The molecule has 0 radical (unpaired) electrons. The summed E-state index contributed by atoms with van der Waals surface area (Å²) in [6, 6.07) is 1.79. The van der Waals surface area contributed by atoms with Crippen LogP contribution in [-0.2, 0) is 16.0 Å². The molecule has 0 aliphatic rings. The van der Waals surface area contributed by atoms with Gasteiger partial charge < -0.3 is 20.5 Å². The van der Waals surface area contributed by atoms with Crippen molar-refractivity contribution in [3.63, 3.8) is 0 Å². The topological polar surface area (TPSA) is 82.3 Å². The van der Waals surface area contributed by atoms with E-state index in [0.29, 0.717) is 25.6 Å². The molecule has 6 nitrogen and oxygen atoms in total. The molecular formula is C10H18N4O2. The Morgan fingerprint density at radius 2 is 2.31 bits per heavy atom. The highest BCUT2D eigenvalue weighted by molar-refractivity contribution is 5.25. The maximum absolute atomic E-state index is 5.49. The summed E-state index contributed by atoms with van der Waals surface area (Å²) < 4.78 is 10.2. The summed E-state index contributed by atoms with van der Waals surface area (Å²) in [5.74, 6) is 0.557. The molecule has 1 heterocycles. The van der Waals surface area contributed by atoms with Gasteiger partial charge in [0.05, 0.1) is 18.4 Å². The van der Waals surface area contributed by atoms with Crippen LogP contribution in [0.4, 0.5) is 5.95 Å². The van der Waals surface area contributed by atoms with Gasteiger partial charge in [-0.3, -0.25) is 0 Å². The van der Waals surface area contributed by atoms with Crippen LogP contribution in [0.15, 0.2) is 12.3 Å². The quantitative estimate of drug-likeness (QED) is 0.681. The predicted octanol–water partition coefficient (Wildman–Crippen LogP) is 0.00860. The van der Waals surface area contributed by atoms with Gasteiger partial charge >= 0.3 is 0 Å². The molecule has 0 spiro atoms. The molecule has 0 fully saturated rings. The number of hydrogen-bond donors (Lipinski definition) is 2. The maximum Gasteiger partial charge on any atom is 0.222 e. The Morgan fingerprint density at radius 1 is 1.50 bits per heavy atom. The fourth-order valence-electron chi connectivity index (χ4n) is 1.20. The van der Waals surface area contributed by atoms with Crippen LogP contribution in [0.2, 0.25) is 0 Å². The second kappa shape index (κ2) is 7.10. The Kier molecular flexibility index (Phi) is 5.69. The van der Waals surface area contributed by atoms with Crippen molar-refractivity contribution in [2.24, 2.45) is 5.73 Å². The SMILES string of the molecule is COCC(CNc1nccc(CN)n1)OC. The smallest absolute Gasteiger partial charge is 0.222 e. The van der Waals surface area contributed by atoms with Crippen molar-refractivity contribution in [2.75, 3.05) is 32.7 Å². The van der Waals surface area contributed by atoms with Crippen LogP contribution < -0.4 is 11.1 Å². The number of hydrogen-bond acceptors (Lipinski definition) is 6. The first-order valence-corrected chi connectivity index (χ1v) is 5.07. The molecule has 1 aromatic heterocycles. The monoisotopic (exact) mass is 226 g/mol. The predicted molar refractivity (Wildman–Crippen MR) is 61.1 cm³/mol. The second-order valence-electron chi connectivity index (χ2n) is 3.27. The van der Waals surface area contributed by atoms with Gasteiger partial charge in [-0.2, -0.15) is 0 Å². The molecule has 1 aromatic rings. The minimum atomic E-state index is -0.0184. The van der Waals surface area contributed by atoms with E-state index < -0.39 is 0 Å². The number of rotatable bonds is 7. The molecule has 1 unspecified atom stereocenters. The van der Waals surface area contributed by atoms with Gasteiger partial charge in [-0.1, -0.05) is 0 Å². The first kappa shape index (κ1) is 12.8. The first-order valence-electron chi connectivity index (χ1n) is 5.07. The lowest BCUT2D eigenvalue weighted by molar-refractivity contribution is 0.0365. The average Bonchev–Trinajstić information content (AvgIpc) is 2.34. The Morgan fingerprint density at radius 3 is 2.94 bits per heavy atom. The summed E-state index contributed by atoms with van der Waals surface area (Å²) >= 11 is 0. The Bertz CT molecular complexity index is 309. The molecule has 3 N–H and O–H groups in total. The molecule has 0 aliphatic carbocycles. The molecule has 16 heavy (non-hydrogen) atoms. The number of nitrogens with zero attached hydrogens (tertiary/aromatic N) is 2. The van der Waals surface area contributed by atoms with Crippen LogP contribution in [0.25, 0.3) is 0 Å². The van der Waals surface area contributed by atoms with E-state index in [2.05, 4.69) is 15.3 Å². The molecule has 1 atom stereocenters. The van der Waals surface area contributed by atoms with E-state index >= 15 is 0 Å². The molecule has 6 heteroatoms. The minimum Gasteiger partial charge on any atom is -0.382 e. The number of anilines is 1. The van der Waals surface area contributed by atoms with Gasteiger partial charge in [0.25, 0.3) is 0 Å². The van der Waals surface area contributed by atoms with Gasteiger partial charge in [-0.25, -0.2) is 9.97 Å². The molecule has 0 amide bonds. The number of methoxy groups -OCH3 is 2. The largest absolute Gasteiger partial charge is 0.382 e. The zero-order valence-electron chi connectivity index (χ0n) is 9.64. The molecule has 90 valence electrons. The zero-order valence-corrected chi connectivity index (χ0v) is 9.64. The van der Waals surface area contributed by atoms with Gasteiger partial charge in [0, 0.05) is 33.5 Å². The summed E-state index contributed by atoms with van der Waals surface area (Å²) in [6.45, 7) is 1.53. The highest BCUT2D eigenvalue weighted by Crippen LogP contribution is 2.00. The summed E-state index contributed by atoms with van der Waals surface area (Å²) in [6.07, 6.45) is 1.66. The molecule has 0 saturated heterocycles. The van der Waals surface area contributed by atoms with Crippen LogP contribution in [0.5, 0.6) is 0 Å². The number of ether oxygens (including phenoxy) is 2. The van der Waals surface area contributed by atoms with Crippen molar-refractivity contribution in [2.45, 2.75) is 12.6 Å². The summed E-state index contributed by atoms with van der Waals surface area (Å²) in [7, 11) is 3.28. The van der Waals surface area contributed by atoms with Crippen LogP contribution in [0.1, 0.15) is 5.69 Å². The standard InChI is InChI=1S/C10H18N4O2/c1-15-7-9(16-2)6-13-10-12-4-3-8(5-11)14-10/h3-4,9H,5-7,11H2,1-2H3,(H,12,13,14). The van der Waals surface area contributed by atoms with Gasteiger partial charge in [-0.05, 0) is 6.07 Å². The highest BCUT2D eigenvalue weighted by atomic mass is 16.5. The Hall–Kier alpha value is -1.24. The highest BCUT2D eigenvalue weighted by Gasteiger charge is 2.07. The van der Waals surface area contributed by atoms with Crippen LogP contribution >= 0.6 is 0 Å². The van der Waals surface area contributed by atoms with E-state index in [-0.39, 0.29) is 6.10 Å². The van der Waals surface area contributed by atoms with Crippen molar-refractivity contribution in [1.29, 1.82) is 0 Å². The lowest BCUT2D eigenvalue weighted by Crippen LogP contribution is -2.27. The minimum absolute atomic E-state index is 0.0184. The van der Waals surface area contributed by atoms with Crippen LogP contribution in [0, 0.1) is 0 Å². The van der Waals surface area contributed by atoms with E-state index in [9.17, 15) is 0 Å². The maximum atomic E-state index is 5.49. The van der Waals surface area contributed by atoms with Crippen molar-refractivity contribution in [3.8, 4) is 0 Å². The molecule has 1 rings (SSSR count). The fraction of sp³-hybridized carbons (Fsp3) is 0.600. The van der Waals surface area contributed by atoms with E-state index in [0.717, 1.165) is 5.69 Å². The van der Waals surface area contributed by atoms with E-state index in [4.69, 9.17) is 15.2 Å². The lowest BCUT2D eigenvalue weighted by Gasteiger charge is -2.14. The number of nitrogens with two attached hydrogens (primary N) is 1. The third kappa shape index (κ3) is 4.09. The van der Waals surface area contributed by atoms with Gasteiger partial charge in [0.2, 0.25) is 5.95 Å². The van der Waals surface area contributed by atoms with Gasteiger partial charge in [0.15, 0.2) is 0 Å². The van der Waals surface area contributed by atoms with E-state index in [1.165, 1.54) is 0 Å². The van der Waals surface area contributed by atoms with Gasteiger partial charge in [0.1, 0.15) is 0 Å². The van der Waals surface area contributed by atoms with Gasteiger partial charge in [-0.15, -0.1) is 0 Å². The van der Waals surface area contributed by atoms with Crippen molar-refractivity contribution in [1.82, 2.24) is 9.97 Å². The number of aromatic nitrogens is 2. The third-order valence-electron chi connectivity index (χ3n) is 2.10. The number of nitrogens with one attached hydrogen (secondary N) is 1. The van der Waals surface area contributed by atoms with E-state index in [1.807, 2.05) is 0 Å². The Labute approximate surface area is 95.2 Å². The molecule has 0 aromatic carbocycles. The van der Waals surface area contributed by atoms with Crippen LogP contribution in [0.3, 0.4) is 0 Å². The summed E-state index contributed by atoms with van der Waals surface area (Å²) in [5, 5.41) is 3.07. The van der Waals surface area contributed by atoms with E-state index in [1.54, 1.807) is 26.5 Å². The zero-order chi connectivity index (χ0) is 11.8. The average molecular weight is 226 g/mol. The first-order chi connectivity index (χ1) is 7.80. The van der Waals surface area contributed by atoms with Crippen molar-refractivity contribution in [3.05, 3.63) is 18.0 Å². The Balaban J connectivity index is 2.46. The fourth-order valence-corrected chi connectivity index (χ4v) is 1.20. The molecule has 0 aliphatic heterocycles. The molecule has 0 saturated carbocycles.